The molecule has 0 aliphatic heterocycles. The number of nitrogens with one attached hydrogen (secondary N) is 4. The van der Waals surface area contributed by atoms with Gasteiger partial charge in [-0.15, -0.1) is 0 Å². The average Bonchev–Trinajstić information content (AvgIpc) is 2.98. The molecule has 0 unspecified atom stereocenters. The molecule has 5 amide bonds. The number of benzene rings is 1. The van der Waals surface area contributed by atoms with Gasteiger partial charge in [0.1, 0.15) is 24.2 Å². The SMILES string of the molecule is CSCC[C@H](NC(=O)[C@H](CC(N)=O)NC(=O)[C@H](CCC(=O)O)NC(=O)[C@H](CCC(=O)O)NC(=O)[C@@H](N)Cc1ccccc1)C(=O)O. The van der Waals surface area contributed by atoms with Crippen LogP contribution >= 0.6 is 11.8 Å². The molecule has 0 radical (unpaired) electrons. The van der Waals surface area contributed by atoms with Crippen molar-refractivity contribution in [3.8, 4) is 0 Å². The maximum atomic E-state index is 13.2. The molecule has 11 N–H and O–H groups in total. The molecular formula is C28H40N6O11S. The van der Waals surface area contributed by atoms with E-state index in [1.807, 2.05) is 0 Å². The van der Waals surface area contributed by atoms with Crippen LogP contribution in [0.4, 0.5) is 0 Å². The number of hydrogen-bond donors (Lipinski definition) is 9. The van der Waals surface area contributed by atoms with Crippen molar-refractivity contribution in [3.05, 3.63) is 35.9 Å². The second kappa shape index (κ2) is 20.3. The summed E-state index contributed by atoms with van der Waals surface area (Å²) in [5.41, 5.74) is 11.9. The third kappa shape index (κ3) is 15.3. The molecule has 0 aromatic heterocycles. The number of carbonyl (C=O) groups excluding carboxylic acids is 5. The highest BCUT2D eigenvalue weighted by atomic mass is 32.2. The molecular weight excluding hydrogens is 628 g/mol. The number of rotatable bonds is 22. The smallest absolute Gasteiger partial charge is 0.326 e. The Bertz CT molecular complexity index is 1250. The van der Waals surface area contributed by atoms with E-state index in [-0.39, 0.29) is 12.8 Å². The summed E-state index contributed by atoms with van der Waals surface area (Å²) in [6.45, 7) is 0. The fraction of sp³-hybridized carbons (Fsp3) is 0.500. The molecule has 46 heavy (non-hydrogen) atoms. The minimum atomic E-state index is -1.69. The predicted molar refractivity (Wildman–Crippen MR) is 164 cm³/mol. The van der Waals surface area contributed by atoms with E-state index >= 15 is 0 Å². The minimum Gasteiger partial charge on any atom is -0.481 e. The van der Waals surface area contributed by atoms with Gasteiger partial charge in [0.2, 0.25) is 29.5 Å². The van der Waals surface area contributed by atoms with Gasteiger partial charge in [-0.3, -0.25) is 33.6 Å². The molecule has 0 bridgehead atoms. The van der Waals surface area contributed by atoms with E-state index in [1.54, 1.807) is 36.6 Å². The first-order valence-corrected chi connectivity index (χ1v) is 15.5. The molecule has 1 rings (SSSR count). The molecule has 0 fully saturated rings. The summed E-state index contributed by atoms with van der Waals surface area (Å²) in [4.78, 5) is 97.9. The van der Waals surface area contributed by atoms with Gasteiger partial charge in [-0.1, -0.05) is 30.3 Å². The van der Waals surface area contributed by atoms with Crippen LogP contribution in [0.15, 0.2) is 30.3 Å². The third-order valence-electron chi connectivity index (χ3n) is 6.46. The van der Waals surface area contributed by atoms with Crippen molar-refractivity contribution >= 4 is 59.2 Å². The fourth-order valence-electron chi connectivity index (χ4n) is 4.03. The number of carboxylic acid groups (broad SMARTS) is 3. The summed E-state index contributed by atoms with van der Waals surface area (Å²) in [6.07, 6.45) is -1.08. The van der Waals surface area contributed by atoms with Gasteiger partial charge in [0.05, 0.1) is 12.5 Å². The third-order valence-corrected chi connectivity index (χ3v) is 7.10. The lowest BCUT2D eigenvalue weighted by Gasteiger charge is -2.26. The van der Waals surface area contributed by atoms with Crippen LogP contribution in [0.3, 0.4) is 0 Å². The van der Waals surface area contributed by atoms with Crippen molar-refractivity contribution in [2.75, 3.05) is 12.0 Å². The zero-order chi connectivity index (χ0) is 34.8. The Morgan fingerprint density at radius 2 is 1.15 bits per heavy atom. The monoisotopic (exact) mass is 668 g/mol. The van der Waals surface area contributed by atoms with Crippen molar-refractivity contribution in [2.24, 2.45) is 11.5 Å². The first-order chi connectivity index (χ1) is 21.6. The van der Waals surface area contributed by atoms with E-state index in [0.717, 1.165) is 5.56 Å². The summed E-state index contributed by atoms with van der Waals surface area (Å²) in [6, 6.07) is 1.34. The number of nitrogens with two attached hydrogens (primary N) is 2. The van der Waals surface area contributed by atoms with Crippen molar-refractivity contribution in [2.45, 2.75) is 75.2 Å². The van der Waals surface area contributed by atoms with Gasteiger partial charge >= 0.3 is 17.9 Å². The molecule has 18 heteroatoms. The molecule has 0 aliphatic rings. The van der Waals surface area contributed by atoms with Crippen LogP contribution in [0.25, 0.3) is 0 Å². The minimum absolute atomic E-state index is 0.0230. The molecule has 17 nitrogen and oxygen atoms in total. The summed E-state index contributed by atoms with van der Waals surface area (Å²) < 4.78 is 0. The Labute approximate surface area is 268 Å². The average molecular weight is 669 g/mol. The molecule has 0 spiro atoms. The fourth-order valence-corrected chi connectivity index (χ4v) is 4.50. The van der Waals surface area contributed by atoms with Crippen molar-refractivity contribution < 1.29 is 53.7 Å². The zero-order valence-electron chi connectivity index (χ0n) is 25.1. The maximum absolute atomic E-state index is 13.2. The number of carboxylic acids is 3. The van der Waals surface area contributed by atoms with E-state index in [1.165, 1.54) is 11.8 Å². The van der Waals surface area contributed by atoms with E-state index < -0.39 is 110 Å². The van der Waals surface area contributed by atoms with E-state index in [4.69, 9.17) is 16.6 Å². The zero-order valence-corrected chi connectivity index (χ0v) is 25.9. The highest BCUT2D eigenvalue weighted by Crippen LogP contribution is 2.08. The maximum Gasteiger partial charge on any atom is 0.326 e. The van der Waals surface area contributed by atoms with Gasteiger partial charge in [-0.25, -0.2) is 4.79 Å². The van der Waals surface area contributed by atoms with E-state index in [9.17, 15) is 48.6 Å². The molecule has 0 heterocycles. The first kappa shape index (κ1) is 39.3. The van der Waals surface area contributed by atoms with Crippen LogP contribution in [0.1, 0.15) is 44.1 Å². The standard InChI is InChI=1S/C28H40N6O11S/c1-46-12-11-19(28(44)45)33-27(43)20(14-21(30)35)34-26(42)18(8-10-23(38)39)32-25(41)17(7-9-22(36)37)31-24(40)16(29)13-15-5-3-2-4-6-15/h2-6,16-20H,7-14,29H2,1H3,(H2,30,35)(H,31,40)(H,32,41)(H,33,43)(H,34,42)(H,36,37)(H,38,39)(H,44,45)/t16-,17-,18-,19-,20-/m0/s1. The van der Waals surface area contributed by atoms with Gasteiger partial charge in [0, 0.05) is 12.8 Å². The van der Waals surface area contributed by atoms with Crippen molar-refractivity contribution in [3.63, 3.8) is 0 Å². The number of aliphatic carboxylic acids is 3. The van der Waals surface area contributed by atoms with Crippen LogP contribution in [-0.2, 0) is 44.8 Å². The van der Waals surface area contributed by atoms with E-state index in [2.05, 4.69) is 21.3 Å². The van der Waals surface area contributed by atoms with Crippen LogP contribution < -0.4 is 32.7 Å². The Kier molecular flexibility index (Phi) is 17.4. The largest absolute Gasteiger partial charge is 0.481 e. The molecule has 1 aromatic rings. The Morgan fingerprint density at radius 1 is 0.696 bits per heavy atom. The normalized spacial score (nSPS) is 14.0. The molecule has 1 aromatic carbocycles. The summed E-state index contributed by atoms with van der Waals surface area (Å²) in [5.74, 6) is -8.72. The second-order valence-electron chi connectivity index (χ2n) is 10.2. The molecule has 0 aliphatic carbocycles. The lowest BCUT2D eigenvalue weighted by molar-refractivity contribution is -0.142. The lowest BCUT2D eigenvalue weighted by atomic mass is 10.0. The van der Waals surface area contributed by atoms with Crippen LogP contribution in [0.5, 0.6) is 0 Å². The summed E-state index contributed by atoms with van der Waals surface area (Å²) in [5, 5.41) is 36.8. The lowest BCUT2D eigenvalue weighted by Crippen LogP contribution is -2.59. The van der Waals surface area contributed by atoms with Gasteiger partial charge < -0.3 is 48.1 Å². The predicted octanol–water partition coefficient (Wildman–Crippen LogP) is -2.06. The van der Waals surface area contributed by atoms with Gasteiger partial charge in [-0.05, 0) is 43.3 Å². The molecule has 0 saturated carbocycles. The quantitative estimate of drug-likeness (QED) is 0.0643. The number of primary amides is 1. The van der Waals surface area contributed by atoms with Crippen molar-refractivity contribution in [1.29, 1.82) is 0 Å². The Hall–Kier alpha value is -4.71. The first-order valence-electron chi connectivity index (χ1n) is 14.1. The number of hydrogen-bond acceptors (Lipinski definition) is 10. The van der Waals surface area contributed by atoms with Crippen LogP contribution in [0, 0.1) is 0 Å². The number of thioether (sulfide) groups is 1. The van der Waals surface area contributed by atoms with Gasteiger partial charge in [0.15, 0.2) is 0 Å². The van der Waals surface area contributed by atoms with Gasteiger partial charge in [-0.2, -0.15) is 11.8 Å². The number of amides is 5. The molecule has 5 atom stereocenters. The highest BCUT2D eigenvalue weighted by molar-refractivity contribution is 7.98. The summed E-state index contributed by atoms with van der Waals surface area (Å²) >= 11 is 1.32. The number of carbonyl (C=O) groups is 8. The second-order valence-corrected chi connectivity index (χ2v) is 11.2. The molecule has 0 saturated heterocycles. The Morgan fingerprint density at radius 3 is 1.61 bits per heavy atom. The topological polar surface area (TPSA) is 297 Å². The van der Waals surface area contributed by atoms with Crippen LogP contribution in [-0.4, -0.2) is 105 Å². The van der Waals surface area contributed by atoms with E-state index in [0.29, 0.717) is 5.75 Å². The summed E-state index contributed by atoms with van der Waals surface area (Å²) in [7, 11) is 0. The van der Waals surface area contributed by atoms with Crippen molar-refractivity contribution in [1.82, 2.24) is 21.3 Å². The molecule has 254 valence electrons. The Balaban J connectivity index is 3.17. The van der Waals surface area contributed by atoms with Crippen LogP contribution in [0.2, 0.25) is 0 Å². The van der Waals surface area contributed by atoms with Gasteiger partial charge in [0.25, 0.3) is 0 Å². The highest BCUT2D eigenvalue weighted by Gasteiger charge is 2.33.